The molecule has 0 radical (unpaired) electrons. The minimum Gasteiger partial charge on any atom is -0.279 e. The molecule has 0 amide bonds. The first-order chi connectivity index (χ1) is 26.8. The molecule has 0 unspecified atom stereocenters. The number of nitrogens with zero attached hydrogens (tertiary/aromatic N) is 5. The van der Waals surface area contributed by atoms with Crippen LogP contribution in [-0.2, 0) is 0 Å². The molecule has 5 heteroatoms. The second-order valence-electron chi connectivity index (χ2n) is 13.7. The zero-order chi connectivity index (χ0) is 35.6. The molecule has 0 aliphatic heterocycles. The normalized spacial score (nSPS) is 11.7. The molecule has 54 heavy (non-hydrogen) atoms. The van der Waals surface area contributed by atoms with Crippen molar-refractivity contribution in [3.05, 3.63) is 188 Å². The summed E-state index contributed by atoms with van der Waals surface area (Å²) in [5, 5.41) is 3.38. The van der Waals surface area contributed by atoms with Crippen molar-refractivity contribution in [2.75, 3.05) is 0 Å². The fourth-order valence-electron chi connectivity index (χ4n) is 7.91. The van der Waals surface area contributed by atoms with Gasteiger partial charge in [-0.15, -0.1) is 0 Å². The Bertz CT molecular complexity index is 3140. The highest BCUT2D eigenvalue weighted by Gasteiger charge is 2.20. The molecule has 0 aliphatic carbocycles. The van der Waals surface area contributed by atoms with E-state index in [4.69, 9.17) is 15.0 Å². The SMILES string of the molecule is c1ccc(-c2cc(-c3ccc(-c4ccc5c(c4)c4ccccc4n5-c4nc5ccccc5c5nc6ccccc6n45)cc3)cc(-c3ccccc3)n2)cc1. The highest BCUT2D eigenvalue weighted by atomic mass is 15.2. The minimum atomic E-state index is 0.822. The molecule has 0 atom stereocenters. The molecule has 0 aliphatic rings. The monoisotopic (exact) mass is 689 g/mol. The second kappa shape index (κ2) is 12.1. The highest BCUT2D eigenvalue weighted by molar-refractivity contribution is 6.10. The van der Waals surface area contributed by atoms with Gasteiger partial charge in [0, 0.05) is 27.3 Å². The third kappa shape index (κ3) is 4.83. The van der Waals surface area contributed by atoms with Crippen LogP contribution in [-0.4, -0.2) is 23.9 Å². The molecule has 7 aromatic carbocycles. The standard InChI is InChI=1S/C49H31N5/c1-3-13-34(14-4-1)43-30-37(31-44(50-43)35-15-5-2-6-16-35)33-25-23-32(24-26-33)36-27-28-46-40(29-36)38-17-8-11-21-45(38)53(46)49-52-41-19-9-7-18-39(41)48-51-42-20-10-12-22-47(42)54(48)49/h1-31H. The molecule has 0 saturated carbocycles. The molecule has 0 spiro atoms. The first kappa shape index (κ1) is 30.3. The second-order valence-corrected chi connectivity index (χ2v) is 13.7. The van der Waals surface area contributed by atoms with Crippen LogP contribution in [0.3, 0.4) is 0 Å². The van der Waals surface area contributed by atoms with Gasteiger partial charge in [0.25, 0.3) is 0 Å². The summed E-state index contributed by atoms with van der Waals surface area (Å²) in [4.78, 5) is 15.5. The summed E-state index contributed by atoms with van der Waals surface area (Å²) in [5.41, 5.74) is 14.7. The quantitative estimate of drug-likeness (QED) is 0.181. The smallest absolute Gasteiger partial charge is 0.221 e. The van der Waals surface area contributed by atoms with Crippen molar-refractivity contribution < 1.29 is 0 Å². The molecule has 0 fully saturated rings. The van der Waals surface area contributed by atoms with Gasteiger partial charge >= 0.3 is 0 Å². The van der Waals surface area contributed by atoms with E-state index in [0.29, 0.717) is 0 Å². The van der Waals surface area contributed by atoms with Crippen LogP contribution in [0.25, 0.3) is 100 Å². The van der Waals surface area contributed by atoms with Crippen molar-refractivity contribution in [1.29, 1.82) is 0 Å². The average molecular weight is 690 g/mol. The van der Waals surface area contributed by atoms with Crippen LogP contribution in [0.4, 0.5) is 0 Å². The van der Waals surface area contributed by atoms with Gasteiger partial charge in [-0.2, -0.15) is 0 Å². The maximum Gasteiger partial charge on any atom is 0.221 e. The lowest BCUT2D eigenvalue weighted by Gasteiger charge is -2.13. The molecule has 11 aromatic rings. The van der Waals surface area contributed by atoms with Gasteiger partial charge < -0.3 is 0 Å². The van der Waals surface area contributed by atoms with E-state index in [9.17, 15) is 0 Å². The number of hydrogen-bond acceptors (Lipinski definition) is 3. The molecule has 0 N–H and O–H groups in total. The first-order valence-electron chi connectivity index (χ1n) is 18.2. The summed E-state index contributed by atoms with van der Waals surface area (Å²) in [5.74, 6) is 0.822. The third-order valence-corrected chi connectivity index (χ3v) is 10.5. The lowest BCUT2D eigenvalue weighted by molar-refractivity contribution is 0.979. The fourth-order valence-corrected chi connectivity index (χ4v) is 7.91. The van der Waals surface area contributed by atoms with Gasteiger partial charge in [-0.1, -0.05) is 133 Å². The van der Waals surface area contributed by atoms with Crippen LogP contribution in [0.5, 0.6) is 0 Å². The van der Waals surface area contributed by atoms with Crippen molar-refractivity contribution in [1.82, 2.24) is 23.9 Å². The van der Waals surface area contributed by atoms with Gasteiger partial charge in [0.05, 0.1) is 39.0 Å². The Morgan fingerprint density at radius 2 is 0.852 bits per heavy atom. The fraction of sp³-hybridized carbons (Fsp3) is 0. The van der Waals surface area contributed by atoms with Crippen LogP contribution in [0.15, 0.2) is 188 Å². The van der Waals surface area contributed by atoms with Gasteiger partial charge in [-0.3, -0.25) is 8.97 Å². The van der Waals surface area contributed by atoms with Crippen molar-refractivity contribution in [3.8, 4) is 50.7 Å². The Kier molecular flexibility index (Phi) is 6.79. The first-order valence-corrected chi connectivity index (χ1v) is 18.2. The molecule has 0 bridgehead atoms. The van der Waals surface area contributed by atoms with Crippen LogP contribution >= 0.6 is 0 Å². The lowest BCUT2D eigenvalue weighted by Crippen LogP contribution is -2.06. The van der Waals surface area contributed by atoms with Gasteiger partial charge in [0.1, 0.15) is 5.65 Å². The molecule has 5 nitrogen and oxygen atoms in total. The van der Waals surface area contributed by atoms with E-state index in [1.54, 1.807) is 0 Å². The summed E-state index contributed by atoms with van der Waals surface area (Å²) >= 11 is 0. The Labute approximate surface area is 311 Å². The molecule has 0 saturated heterocycles. The van der Waals surface area contributed by atoms with Crippen LogP contribution in [0.2, 0.25) is 0 Å². The number of benzene rings is 7. The molecular weight excluding hydrogens is 659 g/mol. The molecular formula is C49H31N5. The number of pyridine rings is 1. The Hall–Kier alpha value is -7.37. The van der Waals surface area contributed by atoms with E-state index in [1.165, 1.54) is 10.8 Å². The maximum absolute atomic E-state index is 5.32. The number of fused-ring (bicyclic) bond motifs is 8. The van der Waals surface area contributed by atoms with Crippen molar-refractivity contribution in [3.63, 3.8) is 0 Å². The van der Waals surface area contributed by atoms with Crippen molar-refractivity contribution in [2.45, 2.75) is 0 Å². The highest BCUT2D eigenvalue weighted by Crippen LogP contribution is 2.37. The molecule has 11 rings (SSSR count). The lowest BCUT2D eigenvalue weighted by atomic mass is 9.97. The predicted octanol–water partition coefficient (Wildman–Crippen LogP) is 12.2. The summed E-state index contributed by atoms with van der Waals surface area (Å²) in [7, 11) is 0. The predicted molar refractivity (Wildman–Crippen MR) is 222 cm³/mol. The topological polar surface area (TPSA) is 48.0 Å². The summed E-state index contributed by atoms with van der Waals surface area (Å²) < 4.78 is 4.50. The third-order valence-electron chi connectivity index (χ3n) is 10.5. The number of para-hydroxylation sites is 4. The molecule has 4 aromatic heterocycles. The average Bonchev–Trinajstić information content (AvgIpc) is 3.80. The Morgan fingerprint density at radius 3 is 1.56 bits per heavy atom. The molecule has 4 heterocycles. The van der Waals surface area contributed by atoms with Gasteiger partial charge in [0.15, 0.2) is 0 Å². The number of rotatable bonds is 5. The van der Waals surface area contributed by atoms with Crippen molar-refractivity contribution in [2.24, 2.45) is 0 Å². The van der Waals surface area contributed by atoms with Gasteiger partial charge in [-0.25, -0.2) is 15.0 Å². The van der Waals surface area contributed by atoms with E-state index < -0.39 is 0 Å². The number of imidazole rings is 1. The van der Waals surface area contributed by atoms with Crippen molar-refractivity contribution >= 4 is 49.4 Å². The summed E-state index contributed by atoms with van der Waals surface area (Å²) in [6, 6.07) is 66.1. The van der Waals surface area contributed by atoms with E-state index in [0.717, 1.165) is 89.3 Å². The summed E-state index contributed by atoms with van der Waals surface area (Å²) in [6.45, 7) is 0. The van der Waals surface area contributed by atoms with Crippen LogP contribution in [0, 0.1) is 0 Å². The van der Waals surface area contributed by atoms with Crippen LogP contribution < -0.4 is 0 Å². The molecule has 252 valence electrons. The van der Waals surface area contributed by atoms with Crippen LogP contribution in [0.1, 0.15) is 0 Å². The van der Waals surface area contributed by atoms with E-state index in [1.807, 2.05) is 24.3 Å². The van der Waals surface area contributed by atoms with Gasteiger partial charge in [0.2, 0.25) is 5.95 Å². The summed E-state index contributed by atoms with van der Waals surface area (Å²) in [6.07, 6.45) is 0. The van der Waals surface area contributed by atoms with E-state index in [-0.39, 0.29) is 0 Å². The minimum absolute atomic E-state index is 0.822. The maximum atomic E-state index is 5.32. The Balaban J connectivity index is 1.05. The van der Waals surface area contributed by atoms with E-state index in [2.05, 4.69) is 173 Å². The van der Waals surface area contributed by atoms with E-state index >= 15 is 0 Å². The number of hydrogen-bond donors (Lipinski definition) is 0. The zero-order valence-corrected chi connectivity index (χ0v) is 29.1. The number of aromatic nitrogens is 5. The largest absolute Gasteiger partial charge is 0.279 e. The Morgan fingerprint density at radius 1 is 0.315 bits per heavy atom. The zero-order valence-electron chi connectivity index (χ0n) is 29.1. The van der Waals surface area contributed by atoms with Gasteiger partial charge in [-0.05, 0) is 76.9 Å².